The van der Waals surface area contributed by atoms with Gasteiger partial charge in [0.15, 0.2) is 5.13 Å². The van der Waals surface area contributed by atoms with Gasteiger partial charge in [0.2, 0.25) is 0 Å². The van der Waals surface area contributed by atoms with Crippen LogP contribution < -0.4 is 9.64 Å². The molecule has 4 aromatic rings. The minimum absolute atomic E-state index is 0.220. The second-order valence-corrected chi connectivity index (χ2v) is 7.02. The van der Waals surface area contributed by atoms with Gasteiger partial charge in [0.1, 0.15) is 17.9 Å². The highest BCUT2D eigenvalue weighted by Crippen LogP contribution is 2.30. The van der Waals surface area contributed by atoms with Crippen molar-refractivity contribution in [1.29, 1.82) is 0 Å². The number of rotatable bonds is 6. The van der Waals surface area contributed by atoms with Gasteiger partial charge >= 0.3 is 0 Å². The standard InChI is InChI=1S/C21H15FN4O2S/c22-16-6-7-19-18(10-16)25-21(29-19)26(13-15-11-23-14-24-12-15)20(27)8-9-28-17-4-2-1-3-5-17/h1-12,14H,13H2. The first-order valence-electron chi connectivity index (χ1n) is 8.69. The number of anilines is 1. The maximum atomic E-state index is 13.5. The smallest absolute Gasteiger partial charge is 0.256 e. The fourth-order valence-corrected chi connectivity index (χ4v) is 3.55. The fourth-order valence-electron chi connectivity index (χ4n) is 2.60. The van der Waals surface area contributed by atoms with Crippen molar-refractivity contribution in [3.63, 3.8) is 0 Å². The van der Waals surface area contributed by atoms with Crippen molar-refractivity contribution in [3.05, 3.63) is 91.0 Å². The molecule has 29 heavy (non-hydrogen) atoms. The number of amides is 1. The largest absolute Gasteiger partial charge is 0.465 e. The second-order valence-electron chi connectivity index (χ2n) is 6.01. The van der Waals surface area contributed by atoms with Crippen molar-refractivity contribution < 1.29 is 13.9 Å². The van der Waals surface area contributed by atoms with Gasteiger partial charge in [0.25, 0.3) is 5.91 Å². The summed E-state index contributed by atoms with van der Waals surface area (Å²) in [5.74, 6) is -0.0841. The van der Waals surface area contributed by atoms with Crippen LogP contribution in [0.15, 0.2) is 79.6 Å². The van der Waals surface area contributed by atoms with E-state index in [9.17, 15) is 9.18 Å². The lowest BCUT2D eigenvalue weighted by Gasteiger charge is -2.17. The van der Waals surface area contributed by atoms with Crippen molar-refractivity contribution in [2.75, 3.05) is 4.90 Å². The second kappa shape index (κ2) is 8.57. The molecule has 8 heteroatoms. The molecule has 0 spiro atoms. The molecule has 2 aromatic heterocycles. The Hall–Kier alpha value is -3.65. The fraction of sp³-hybridized carbons (Fsp3) is 0.0476. The number of aromatic nitrogens is 3. The third kappa shape index (κ3) is 4.61. The molecule has 0 bridgehead atoms. The van der Waals surface area contributed by atoms with E-state index in [0.717, 1.165) is 10.3 Å². The number of benzene rings is 2. The van der Waals surface area contributed by atoms with Gasteiger partial charge in [-0.05, 0) is 24.3 Å². The van der Waals surface area contributed by atoms with Crippen LogP contribution in [-0.2, 0) is 11.3 Å². The molecule has 0 N–H and O–H groups in total. The highest BCUT2D eigenvalue weighted by Gasteiger charge is 2.19. The molecule has 6 nitrogen and oxygen atoms in total. The number of halogens is 1. The first-order chi connectivity index (χ1) is 14.2. The summed E-state index contributed by atoms with van der Waals surface area (Å²) in [5, 5.41) is 0.448. The van der Waals surface area contributed by atoms with Crippen LogP contribution >= 0.6 is 11.3 Å². The lowest BCUT2D eigenvalue weighted by molar-refractivity contribution is -0.114. The maximum Gasteiger partial charge on any atom is 0.256 e. The molecular weight excluding hydrogens is 391 g/mol. The van der Waals surface area contributed by atoms with E-state index in [1.54, 1.807) is 30.6 Å². The molecule has 0 aliphatic rings. The van der Waals surface area contributed by atoms with E-state index in [4.69, 9.17) is 4.74 Å². The average molecular weight is 406 g/mol. The Labute approximate surface area is 169 Å². The molecule has 0 atom stereocenters. The van der Waals surface area contributed by atoms with Gasteiger partial charge in [-0.25, -0.2) is 19.3 Å². The molecule has 1 amide bonds. The highest BCUT2D eigenvalue weighted by molar-refractivity contribution is 7.22. The van der Waals surface area contributed by atoms with E-state index in [-0.39, 0.29) is 18.3 Å². The van der Waals surface area contributed by atoms with Crippen molar-refractivity contribution in [3.8, 4) is 5.75 Å². The predicted octanol–water partition coefficient (Wildman–Crippen LogP) is 4.35. The summed E-state index contributed by atoms with van der Waals surface area (Å²) in [6.07, 6.45) is 7.33. The lowest BCUT2D eigenvalue weighted by atomic mass is 10.3. The first-order valence-corrected chi connectivity index (χ1v) is 9.50. The molecule has 0 saturated heterocycles. The third-order valence-corrected chi connectivity index (χ3v) is 5.01. The zero-order valence-electron chi connectivity index (χ0n) is 15.1. The number of ether oxygens (including phenoxy) is 1. The number of para-hydroxylation sites is 1. The summed E-state index contributed by atoms with van der Waals surface area (Å²) in [7, 11) is 0. The number of nitrogens with zero attached hydrogens (tertiary/aromatic N) is 4. The van der Waals surface area contributed by atoms with Gasteiger partial charge in [0, 0.05) is 30.1 Å². The molecule has 0 unspecified atom stereocenters. The third-order valence-electron chi connectivity index (χ3n) is 3.95. The highest BCUT2D eigenvalue weighted by atomic mass is 32.1. The molecule has 0 aliphatic carbocycles. The minimum Gasteiger partial charge on any atom is -0.465 e. The summed E-state index contributed by atoms with van der Waals surface area (Å²) in [6, 6.07) is 13.5. The Morgan fingerprint density at radius 3 is 2.72 bits per heavy atom. The summed E-state index contributed by atoms with van der Waals surface area (Å²) in [4.78, 5) is 26.8. The summed E-state index contributed by atoms with van der Waals surface area (Å²) >= 11 is 1.30. The molecule has 0 saturated carbocycles. The maximum absolute atomic E-state index is 13.5. The SMILES string of the molecule is O=C(C=COc1ccccc1)N(Cc1cncnc1)c1nc2cc(F)ccc2s1. The van der Waals surface area contributed by atoms with Gasteiger partial charge in [0.05, 0.1) is 23.0 Å². The van der Waals surface area contributed by atoms with Gasteiger partial charge in [-0.15, -0.1) is 0 Å². The zero-order chi connectivity index (χ0) is 20.1. The number of carbonyl (C=O) groups excluding carboxylic acids is 1. The molecular formula is C21H15FN4O2S. The number of thiazole rings is 1. The Kier molecular flexibility index (Phi) is 5.53. The van der Waals surface area contributed by atoms with Crippen molar-refractivity contribution >= 4 is 32.6 Å². The quantitative estimate of drug-likeness (QED) is 0.352. The zero-order valence-corrected chi connectivity index (χ0v) is 15.9. The number of carbonyl (C=O) groups is 1. The lowest BCUT2D eigenvalue weighted by Crippen LogP contribution is -2.28. The van der Waals surface area contributed by atoms with Crippen LogP contribution in [0.2, 0.25) is 0 Å². The van der Waals surface area contributed by atoms with E-state index < -0.39 is 0 Å². The van der Waals surface area contributed by atoms with Crippen LogP contribution in [0.4, 0.5) is 9.52 Å². The normalized spacial score (nSPS) is 11.1. The molecule has 4 rings (SSSR count). The topological polar surface area (TPSA) is 68.2 Å². The number of hydrogen-bond donors (Lipinski definition) is 0. The van der Waals surface area contributed by atoms with Crippen molar-refractivity contribution in [2.45, 2.75) is 6.54 Å². The van der Waals surface area contributed by atoms with E-state index in [1.807, 2.05) is 18.2 Å². The minimum atomic E-state index is -0.375. The van der Waals surface area contributed by atoms with Crippen molar-refractivity contribution in [1.82, 2.24) is 15.0 Å². The average Bonchev–Trinajstić information content (AvgIpc) is 3.16. The summed E-state index contributed by atoms with van der Waals surface area (Å²) < 4.78 is 19.8. The predicted molar refractivity (Wildman–Crippen MR) is 109 cm³/mol. The van der Waals surface area contributed by atoms with Crippen LogP contribution in [0.5, 0.6) is 5.75 Å². The summed E-state index contributed by atoms with van der Waals surface area (Å²) in [6.45, 7) is 0.220. The van der Waals surface area contributed by atoms with Crippen LogP contribution in [-0.4, -0.2) is 20.9 Å². The number of hydrogen-bond acceptors (Lipinski definition) is 6. The number of fused-ring (bicyclic) bond motifs is 1. The van der Waals surface area contributed by atoms with E-state index in [2.05, 4.69) is 15.0 Å². The van der Waals surface area contributed by atoms with E-state index in [0.29, 0.717) is 16.4 Å². The molecule has 2 aromatic carbocycles. The van der Waals surface area contributed by atoms with Crippen LogP contribution in [0.25, 0.3) is 10.2 Å². The Morgan fingerprint density at radius 2 is 1.93 bits per heavy atom. The Balaban J connectivity index is 1.61. The van der Waals surface area contributed by atoms with E-state index in [1.165, 1.54) is 47.0 Å². The monoisotopic (exact) mass is 406 g/mol. The van der Waals surface area contributed by atoms with Crippen molar-refractivity contribution in [2.24, 2.45) is 0 Å². The Bertz CT molecular complexity index is 1150. The Morgan fingerprint density at radius 1 is 1.14 bits per heavy atom. The first kappa shape index (κ1) is 18.7. The van der Waals surface area contributed by atoms with E-state index >= 15 is 0 Å². The molecule has 0 fully saturated rings. The van der Waals surface area contributed by atoms with Gasteiger partial charge < -0.3 is 4.74 Å². The van der Waals surface area contributed by atoms with Gasteiger partial charge in [-0.1, -0.05) is 29.5 Å². The molecule has 144 valence electrons. The van der Waals surface area contributed by atoms with Gasteiger partial charge in [-0.3, -0.25) is 9.69 Å². The van der Waals surface area contributed by atoms with Gasteiger partial charge in [-0.2, -0.15) is 0 Å². The molecule has 2 heterocycles. The summed E-state index contributed by atoms with van der Waals surface area (Å²) in [5.41, 5.74) is 1.24. The molecule has 0 radical (unpaired) electrons. The molecule has 0 aliphatic heterocycles. The van der Waals surface area contributed by atoms with Crippen LogP contribution in [0.3, 0.4) is 0 Å². The van der Waals surface area contributed by atoms with Crippen LogP contribution in [0.1, 0.15) is 5.56 Å². The van der Waals surface area contributed by atoms with Crippen LogP contribution in [0, 0.1) is 5.82 Å².